The van der Waals surface area contributed by atoms with Gasteiger partial charge in [-0.2, -0.15) is 0 Å². The van der Waals surface area contributed by atoms with Crippen LogP contribution in [0.1, 0.15) is 30.1 Å². The molecule has 1 aromatic rings. The molecule has 1 atom stereocenters. The molecular formula is C17H20O4. The fourth-order valence-electron chi connectivity index (χ4n) is 1.72. The fourth-order valence-corrected chi connectivity index (χ4v) is 1.72. The number of terminal acetylenes is 1. The number of allylic oxidation sites excluding steroid dienone is 1. The standard InChI is InChI=1S/C17H20O4/c1-4-6-7-8-13-17(19,20-3)16(18)14-9-11-15(12-10-14)21-5-2/h1,8-13,19H,5-7H2,2-3H3/b13-8+. The molecule has 0 aromatic heterocycles. The lowest BCUT2D eigenvalue weighted by molar-refractivity contribution is -0.110. The van der Waals surface area contributed by atoms with Gasteiger partial charge in [0.1, 0.15) is 5.75 Å². The second-order valence-electron chi connectivity index (χ2n) is 4.33. The van der Waals surface area contributed by atoms with E-state index in [4.69, 9.17) is 15.9 Å². The Hall–Kier alpha value is -2.09. The molecule has 1 N–H and O–H groups in total. The van der Waals surface area contributed by atoms with Gasteiger partial charge in [0.15, 0.2) is 0 Å². The predicted molar refractivity (Wildman–Crippen MR) is 81.1 cm³/mol. The maximum absolute atomic E-state index is 12.3. The van der Waals surface area contributed by atoms with Gasteiger partial charge in [-0.3, -0.25) is 4.79 Å². The maximum Gasteiger partial charge on any atom is 0.251 e. The number of methoxy groups -OCH3 is 1. The molecule has 0 fully saturated rings. The van der Waals surface area contributed by atoms with Crippen molar-refractivity contribution in [3.05, 3.63) is 42.0 Å². The molecule has 0 saturated heterocycles. The van der Waals surface area contributed by atoms with E-state index < -0.39 is 11.6 Å². The van der Waals surface area contributed by atoms with Gasteiger partial charge in [-0.25, -0.2) is 0 Å². The summed E-state index contributed by atoms with van der Waals surface area (Å²) < 4.78 is 10.3. The van der Waals surface area contributed by atoms with Crippen molar-refractivity contribution in [1.29, 1.82) is 0 Å². The molecule has 21 heavy (non-hydrogen) atoms. The summed E-state index contributed by atoms with van der Waals surface area (Å²) in [7, 11) is 1.28. The molecule has 0 spiro atoms. The van der Waals surface area contributed by atoms with Crippen LogP contribution >= 0.6 is 0 Å². The molecule has 4 nitrogen and oxygen atoms in total. The summed E-state index contributed by atoms with van der Waals surface area (Å²) in [5.74, 6) is 0.623. The minimum Gasteiger partial charge on any atom is -0.494 e. The molecule has 1 aromatic carbocycles. The highest BCUT2D eigenvalue weighted by Gasteiger charge is 2.33. The van der Waals surface area contributed by atoms with Crippen LogP contribution < -0.4 is 4.74 Å². The molecule has 1 rings (SSSR count). The van der Waals surface area contributed by atoms with Crippen LogP contribution in [0.5, 0.6) is 5.75 Å². The topological polar surface area (TPSA) is 55.8 Å². The zero-order chi connectivity index (χ0) is 15.7. The zero-order valence-corrected chi connectivity index (χ0v) is 12.3. The number of rotatable bonds is 8. The van der Waals surface area contributed by atoms with E-state index in [2.05, 4.69) is 5.92 Å². The van der Waals surface area contributed by atoms with Gasteiger partial charge < -0.3 is 14.6 Å². The van der Waals surface area contributed by atoms with Gasteiger partial charge in [-0.15, -0.1) is 12.3 Å². The van der Waals surface area contributed by atoms with Crippen molar-refractivity contribution in [2.45, 2.75) is 25.6 Å². The van der Waals surface area contributed by atoms with E-state index in [1.54, 1.807) is 30.3 Å². The van der Waals surface area contributed by atoms with Gasteiger partial charge in [-0.05, 0) is 43.7 Å². The molecule has 0 heterocycles. The van der Waals surface area contributed by atoms with E-state index in [1.807, 2.05) is 6.92 Å². The molecule has 0 radical (unpaired) electrons. The summed E-state index contributed by atoms with van der Waals surface area (Å²) in [5.41, 5.74) is 0.337. The van der Waals surface area contributed by atoms with Crippen molar-refractivity contribution in [2.24, 2.45) is 0 Å². The summed E-state index contributed by atoms with van der Waals surface area (Å²) in [6, 6.07) is 6.53. The number of hydrogen-bond donors (Lipinski definition) is 1. The molecule has 0 amide bonds. The molecule has 0 aliphatic rings. The Labute approximate surface area is 125 Å². The second-order valence-corrected chi connectivity index (χ2v) is 4.33. The smallest absolute Gasteiger partial charge is 0.251 e. The van der Waals surface area contributed by atoms with Crippen LogP contribution in [0.3, 0.4) is 0 Å². The molecule has 0 saturated carbocycles. The third kappa shape index (κ3) is 4.75. The first-order valence-corrected chi connectivity index (χ1v) is 6.73. The normalized spacial score (nSPS) is 13.6. The van der Waals surface area contributed by atoms with Crippen molar-refractivity contribution >= 4 is 5.78 Å². The van der Waals surface area contributed by atoms with Gasteiger partial charge in [-0.1, -0.05) is 6.08 Å². The monoisotopic (exact) mass is 288 g/mol. The van der Waals surface area contributed by atoms with E-state index in [-0.39, 0.29) is 0 Å². The summed E-state index contributed by atoms with van der Waals surface area (Å²) in [6.07, 6.45) is 9.20. The average molecular weight is 288 g/mol. The van der Waals surface area contributed by atoms with Crippen molar-refractivity contribution in [2.75, 3.05) is 13.7 Å². The number of carbonyl (C=O) groups is 1. The highest BCUT2D eigenvalue weighted by molar-refractivity contribution is 6.02. The van der Waals surface area contributed by atoms with Gasteiger partial charge in [0.05, 0.1) is 6.61 Å². The number of ether oxygens (including phenoxy) is 2. The second kappa shape index (κ2) is 8.25. The molecule has 4 heteroatoms. The van der Waals surface area contributed by atoms with E-state index in [9.17, 15) is 9.90 Å². The van der Waals surface area contributed by atoms with Crippen molar-refractivity contribution < 1.29 is 19.4 Å². The average Bonchev–Trinajstić information content (AvgIpc) is 2.52. The van der Waals surface area contributed by atoms with E-state index in [1.165, 1.54) is 13.2 Å². The maximum atomic E-state index is 12.3. The molecule has 0 aliphatic carbocycles. The van der Waals surface area contributed by atoms with Gasteiger partial charge in [0, 0.05) is 19.1 Å². The number of Topliss-reactive ketones (excluding diaryl/α,β-unsaturated/α-hetero) is 1. The van der Waals surface area contributed by atoms with Crippen LogP contribution in [0.2, 0.25) is 0 Å². The Morgan fingerprint density at radius 1 is 1.43 bits per heavy atom. The Morgan fingerprint density at radius 3 is 2.62 bits per heavy atom. The van der Waals surface area contributed by atoms with Crippen LogP contribution in [0.15, 0.2) is 36.4 Å². The molecule has 0 aliphatic heterocycles. The highest BCUT2D eigenvalue weighted by Crippen LogP contribution is 2.19. The Bertz CT molecular complexity index is 525. The molecular weight excluding hydrogens is 268 g/mol. The van der Waals surface area contributed by atoms with E-state index >= 15 is 0 Å². The summed E-state index contributed by atoms with van der Waals surface area (Å²) in [4.78, 5) is 12.3. The zero-order valence-electron chi connectivity index (χ0n) is 12.3. The minimum atomic E-state index is -1.98. The van der Waals surface area contributed by atoms with E-state index in [0.717, 1.165) is 0 Å². The van der Waals surface area contributed by atoms with Crippen LogP contribution in [0.25, 0.3) is 0 Å². The van der Waals surface area contributed by atoms with Gasteiger partial charge in [0.2, 0.25) is 5.78 Å². The largest absolute Gasteiger partial charge is 0.494 e. The first kappa shape index (κ1) is 17.0. The predicted octanol–water partition coefficient (Wildman–Crippen LogP) is 2.57. The lowest BCUT2D eigenvalue weighted by atomic mass is 10.0. The lowest BCUT2D eigenvalue weighted by Crippen LogP contribution is -2.38. The number of aliphatic hydroxyl groups is 1. The number of benzene rings is 1. The Balaban J connectivity index is 2.86. The summed E-state index contributed by atoms with van der Waals surface area (Å²) in [6.45, 7) is 2.43. The third-order valence-corrected chi connectivity index (χ3v) is 2.86. The number of ketones is 1. The Kier molecular flexibility index (Phi) is 6.67. The van der Waals surface area contributed by atoms with Crippen molar-refractivity contribution in [1.82, 2.24) is 0 Å². The van der Waals surface area contributed by atoms with E-state index in [0.29, 0.717) is 30.8 Å². The molecule has 0 bridgehead atoms. The SMILES string of the molecule is C#CCC/C=C/C(O)(OC)C(=O)c1ccc(OCC)cc1. The van der Waals surface area contributed by atoms with Crippen LogP contribution in [0, 0.1) is 12.3 Å². The molecule has 1 unspecified atom stereocenters. The fraction of sp³-hybridized carbons (Fsp3) is 0.353. The van der Waals surface area contributed by atoms with Crippen LogP contribution in [0.4, 0.5) is 0 Å². The first-order chi connectivity index (χ1) is 10.1. The number of unbranched alkanes of at least 4 members (excludes halogenated alkanes) is 1. The highest BCUT2D eigenvalue weighted by atomic mass is 16.6. The third-order valence-electron chi connectivity index (χ3n) is 2.86. The molecule has 112 valence electrons. The Morgan fingerprint density at radius 2 is 2.10 bits per heavy atom. The summed E-state index contributed by atoms with van der Waals surface area (Å²) in [5, 5.41) is 10.3. The minimum absolute atomic E-state index is 0.337. The number of hydrogen-bond acceptors (Lipinski definition) is 4. The number of carbonyl (C=O) groups excluding carboxylic acids is 1. The van der Waals surface area contributed by atoms with Gasteiger partial charge in [0.25, 0.3) is 5.79 Å². The van der Waals surface area contributed by atoms with Crippen LogP contribution in [-0.4, -0.2) is 30.4 Å². The van der Waals surface area contributed by atoms with Gasteiger partial charge >= 0.3 is 0 Å². The lowest BCUT2D eigenvalue weighted by Gasteiger charge is -2.21. The quantitative estimate of drug-likeness (QED) is 0.263. The van der Waals surface area contributed by atoms with Crippen molar-refractivity contribution in [3.63, 3.8) is 0 Å². The van der Waals surface area contributed by atoms with Crippen LogP contribution in [-0.2, 0) is 4.74 Å². The van der Waals surface area contributed by atoms with Crippen molar-refractivity contribution in [3.8, 4) is 18.1 Å². The summed E-state index contributed by atoms with van der Waals surface area (Å²) >= 11 is 0. The first-order valence-electron chi connectivity index (χ1n) is 6.73.